The number of benzene rings is 17. The van der Waals surface area contributed by atoms with Crippen molar-refractivity contribution in [3.05, 3.63) is 362 Å². The van der Waals surface area contributed by atoms with E-state index in [0.29, 0.717) is 49.3 Å². The monoisotopic (exact) mass is 1570 g/mol. The van der Waals surface area contributed by atoms with Crippen molar-refractivity contribution in [3.63, 3.8) is 0 Å². The van der Waals surface area contributed by atoms with Crippen molar-refractivity contribution in [2.24, 2.45) is 0 Å². The van der Waals surface area contributed by atoms with Crippen molar-refractivity contribution in [1.29, 1.82) is 0 Å². The van der Waals surface area contributed by atoms with Gasteiger partial charge in [0.1, 0.15) is 0 Å². The molecule has 9 nitrogen and oxygen atoms in total. The van der Waals surface area contributed by atoms with Crippen molar-refractivity contribution in [2.75, 3.05) is 9.80 Å². The number of hydrogen-bond acceptors (Lipinski definition) is 4. The van der Waals surface area contributed by atoms with Crippen LogP contribution in [-0.4, -0.2) is 29.5 Å². The average Bonchev–Trinajstić information content (AvgIpc) is 1.25. The van der Waals surface area contributed by atoms with Crippen LogP contribution in [0.1, 0.15) is 96.5 Å². The highest BCUT2D eigenvalue weighted by molar-refractivity contribution is 7.00. The molecule has 10 heteroatoms. The second-order valence-corrected chi connectivity index (χ2v) is 32.7. The van der Waals surface area contributed by atoms with Gasteiger partial charge in [-0.25, -0.2) is 0 Å². The Kier molecular flexibility index (Phi) is 8.77. The summed E-state index contributed by atoms with van der Waals surface area (Å²) in [6, 6.07) is 26.4. The second-order valence-electron chi connectivity index (χ2n) is 32.7. The van der Waals surface area contributed by atoms with Crippen LogP contribution in [0.15, 0.2) is 360 Å². The molecule has 0 bridgehead atoms. The summed E-state index contributed by atoms with van der Waals surface area (Å²) in [6.07, 6.45) is 0. The van der Waals surface area contributed by atoms with Crippen LogP contribution in [0.2, 0.25) is 0 Å². The van der Waals surface area contributed by atoms with E-state index >= 15 is 0 Å². The number of hydrogen-bond donors (Lipinski definition) is 0. The van der Waals surface area contributed by atoms with Crippen LogP contribution in [0.4, 0.5) is 34.1 Å². The van der Waals surface area contributed by atoms with Crippen molar-refractivity contribution < 1.29 is 52.7 Å². The summed E-state index contributed by atoms with van der Waals surface area (Å²) in [5, 5.41) is 1.20. The molecular weight excluding hydrogens is 1460 g/mol. The van der Waals surface area contributed by atoms with Gasteiger partial charge in [0.05, 0.1) is 127 Å². The molecule has 0 atom stereocenters. The maximum atomic E-state index is 10.3. The van der Waals surface area contributed by atoms with Crippen LogP contribution >= 0.6 is 0 Å². The number of aromatic nitrogens is 5. The largest absolute Gasteiger partial charge is 0.452 e. The summed E-state index contributed by atoms with van der Waals surface area (Å²) in [5.41, 5.74) is 4.14. The van der Waals surface area contributed by atoms with E-state index in [1.54, 1.807) is 108 Å². The first-order chi connectivity index (χ1) is 72.1. The smallest absolute Gasteiger partial charge is 0.252 e. The number of furan rings is 2. The Bertz CT molecular complexity index is 10300. The van der Waals surface area contributed by atoms with E-state index in [1.807, 2.05) is 23.1 Å². The molecule has 2 aliphatic heterocycles. The highest BCUT2D eigenvalue weighted by Crippen LogP contribution is 2.54. The van der Waals surface area contributed by atoms with Gasteiger partial charge in [0.15, 0.2) is 22.3 Å². The fraction of sp³-hybridized carbons (Fsp3) is 0.0727. The Labute approximate surface area is 735 Å². The molecular formula is C110H76BN7O2. The summed E-state index contributed by atoms with van der Waals surface area (Å²) < 4.78 is 328. The minimum Gasteiger partial charge on any atom is -0.452 e. The van der Waals surface area contributed by atoms with Gasteiger partial charge in [-0.05, 0) is 172 Å². The van der Waals surface area contributed by atoms with Crippen molar-refractivity contribution in [3.8, 4) is 28.4 Å². The first kappa shape index (κ1) is 43.3. The number of fused-ring (bicyclic) bond motifs is 25. The predicted molar refractivity (Wildman–Crippen MR) is 504 cm³/mol. The van der Waals surface area contributed by atoms with Crippen LogP contribution < -0.4 is 26.2 Å². The Morgan fingerprint density at radius 3 is 0.833 bits per heavy atom. The zero-order valence-electron chi connectivity index (χ0n) is 96.5. The molecule has 0 radical (unpaired) electrons. The van der Waals surface area contributed by atoms with Gasteiger partial charge in [-0.1, -0.05) is 259 Å². The van der Waals surface area contributed by atoms with Gasteiger partial charge in [-0.15, -0.1) is 0 Å². The summed E-state index contributed by atoms with van der Waals surface area (Å²) in [6.45, 7) is 11.7. The number of para-hydroxylation sites is 12. The zero-order valence-corrected chi connectivity index (χ0v) is 64.5. The molecule has 120 heavy (non-hydrogen) atoms. The molecule has 0 saturated heterocycles. The van der Waals surface area contributed by atoms with Gasteiger partial charge in [-0.3, -0.25) is 0 Å². The molecule has 7 aromatic heterocycles. The Morgan fingerprint density at radius 2 is 0.508 bits per heavy atom. The first-order valence-electron chi connectivity index (χ1n) is 55.2. The molecule has 0 amide bonds. The van der Waals surface area contributed by atoms with Gasteiger partial charge in [0, 0.05) is 110 Å². The van der Waals surface area contributed by atoms with E-state index in [0.717, 1.165) is 32.9 Å². The third kappa shape index (κ3) is 9.22. The molecule has 17 aromatic carbocycles. The maximum Gasteiger partial charge on any atom is 0.252 e. The Balaban J connectivity index is 0.863. The molecule has 566 valence electrons. The van der Waals surface area contributed by atoms with E-state index in [9.17, 15) is 38.4 Å². The van der Waals surface area contributed by atoms with Crippen LogP contribution in [0.25, 0.3) is 181 Å². The Hall–Kier alpha value is -15.0. The van der Waals surface area contributed by atoms with Gasteiger partial charge < -0.3 is 41.5 Å². The van der Waals surface area contributed by atoms with Crippen LogP contribution in [0, 0.1) is 0 Å². The normalized spacial score (nSPS) is 16.9. The molecule has 0 aliphatic carbocycles. The molecule has 9 heterocycles. The van der Waals surface area contributed by atoms with Gasteiger partial charge in [0.25, 0.3) is 6.71 Å². The SMILES string of the molecule is [2H]c1c([2H])c([2H])c2c(c1[2H])c1c([2H])c([2H])c([2H])c([2H])c1n2-c1ccc2c(c1)N(c1cccc3c1oc1c(-n4c5c([2H])c([2H])c([2H])c([2H])c5c5c([2H])c([2H])c([2H])c([2H])c54)cccc13)c1cc(-n3c4c([2H])c([2H])c([2H])c([2H])c4c4c([2H])c([2H])c([2H])c([2H])c43)cc3c1B2c1ccc(-n2c4ccc(C(C)(C)C)cc4c4cc(C(C)(C)C)ccc42)cc1N3c1cccc2c1oc1c(-n3c4c([2H])c([2H])c([2H])c([2H])c4c4c([2H])c([2H])c([2H])c([2H])c43)cccc12. The molecule has 0 N–H and O–H groups in total. The van der Waals surface area contributed by atoms with Crippen molar-refractivity contribution >= 4 is 210 Å². The lowest BCUT2D eigenvalue weighted by Gasteiger charge is -2.44. The van der Waals surface area contributed by atoms with E-state index in [2.05, 4.69) is 82.5 Å². The molecule has 24 aromatic rings. The third-order valence-electron chi connectivity index (χ3n) is 24.4. The zero-order chi connectivity index (χ0) is 107. The number of anilines is 6. The molecule has 0 spiro atoms. The first-order valence-corrected chi connectivity index (χ1v) is 39.2. The summed E-state index contributed by atoms with van der Waals surface area (Å²) >= 11 is 0. The van der Waals surface area contributed by atoms with Gasteiger partial charge in [0.2, 0.25) is 0 Å². The maximum absolute atomic E-state index is 10.3. The lowest BCUT2D eigenvalue weighted by atomic mass is 9.33. The lowest BCUT2D eigenvalue weighted by molar-refractivity contribution is 0.590. The fourth-order valence-corrected chi connectivity index (χ4v) is 19.1. The van der Waals surface area contributed by atoms with Crippen LogP contribution in [0.3, 0.4) is 0 Å². The van der Waals surface area contributed by atoms with E-state index in [4.69, 9.17) is 14.3 Å². The second kappa shape index (κ2) is 24.3. The predicted octanol–water partition coefficient (Wildman–Crippen LogP) is 27.6. The fourth-order valence-electron chi connectivity index (χ4n) is 19.1. The van der Waals surface area contributed by atoms with Crippen LogP contribution in [-0.2, 0) is 10.8 Å². The summed E-state index contributed by atoms with van der Waals surface area (Å²) in [4.78, 5) is 3.74. The minimum absolute atomic E-state index is 0.0130. The van der Waals surface area contributed by atoms with E-state index < -0.39 is 200 Å². The number of nitrogens with zero attached hydrogens (tertiary/aromatic N) is 7. The lowest BCUT2D eigenvalue weighted by Crippen LogP contribution is -2.61. The van der Waals surface area contributed by atoms with Gasteiger partial charge >= 0.3 is 0 Å². The van der Waals surface area contributed by atoms with Gasteiger partial charge in [-0.2, -0.15) is 0 Å². The summed E-state index contributed by atoms with van der Waals surface area (Å²) in [7, 11) is 0. The van der Waals surface area contributed by atoms with E-state index in [-0.39, 0.29) is 172 Å². The van der Waals surface area contributed by atoms with Crippen molar-refractivity contribution in [1.82, 2.24) is 22.8 Å². The molecule has 0 fully saturated rings. The molecule has 0 unspecified atom stereocenters. The van der Waals surface area contributed by atoms with E-state index in [1.165, 1.54) is 18.3 Å². The highest BCUT2D eigenvalue weighted by Gasteiger charge is 2.46. The molecule has 26 rings (SSSR count). The van der Waals surface area contributed by atoms with Crippen molar-refractivity contribution in [2.45, 2.75) is 52.4 Å². The average molecular weight is 1570 g/mol. The van der Waals surface area contributed by atoms with Crippen LogP contribution in [0.5, 0.6) is 0 Å². The minimum atomic E-state index is -1.14. The standard InChI is InChI=1S/C110H76BN7O2/c1-109(2,3)65-51-57-94-82(59-65)83-60-66(110(4,5)6)52-58-95(83)113(94)68-54-56-85-101(62-68)118(99-50-26-38-81-79-36-24-48-97(106(79)120-108(81)99)116-92-45-21-13-33-76(92)77-34-14-22-46-93(77)116)103-64-69(114-88-41-17-9-29-72(88)73-30-10-18-42-89(73)114)63-102-104(103)111(85)84-55-53-67(112-86-39-15-7-27-70(86)71-28-8-16-40-87(71)112)61-100(84)117(102)98-49-25-37-80-78-35-23-47-96(105(78)119-107(80)98)115-90-43-19-11-31-74(90)75-32-12-20-44-91(75)115/h7-64H,1-6H3/i7D,8D,9D,10D,11D,12D,13D,14D,15D,16D,17D,18D,19D,20D,21D,22D,27D,28D,29D,30D,31D,32D,33D,34D,39D,40D,41D,42D,43D,44D,45D,46D. The number of rotatable bonds is 7. The molecule has 2 aliphatic rings. The Morgan fingerprint density at radius 1 is 0.233 bits per heavy atom. The highest BCUT2D eigenvalue weighted by atomic mass is 16.3. The molecule has 0 saturated carbocycles. The quantitative estimate of drug-likeness (QED) is 0.149. The topological polar surface area (TPSA) is 57.4 Å². The summed E-state index contributed by atoms with van der Waals surface area (Å²) in [5.74, 6) is 0. The third-order valence-corrected chi connectivity index (χ3v) is 24.4.